The average molecular weight is 236 g/mol. The normalized spacial score (nSPS) is 36.5. The van der Waals surface area contributed by atoms with E-state index in [1.807, 2.05) is 0 Å². The van der Waals surface area contributed by atoms with Gasteiger partial charge in [0.25, 0.3) is 0 Å². The van der Waals surface area contributed by atoms with Crippen molar-refractivity contribution in [3.8, 4) is 0 Å². The lowest BCUT2D eigenvalue weighted by Gasteiger charge is -2.37. The maximum atomic E-state index is 6.24. The highest BCUT2D eigenvalue weighted by Crippen LogP contribution is 2.38. The van der Waals surface area contributed by atoms with Gasteiger partial charge < -0.3 is 10.6 Å². The van der Waals surface area contributed by atoms with E-state index in [4.69, 9.17) is 5.73 Å². The van der Waals surface area contributed by atoms with E-state index in [2.05, 4.69) is 4.90 Å². The second-order valence-corrected chi connectivity index (χ2v) is 6.91. The van der Waals surface area contributed by atoms with Gasteiger partial charge in [-0.25, -0.2) is 0 Å². The van der Waals surface area contributed by atoms with Crippen molar-refractivity contribution in [1.29, 1.82) is 0 Å². The van der Waals surface area contributed by atoms with Crippen molar-refractivity contribution in [3.63, 3.8) is 0 Å². The number of hydrogen-bond acceptors (Lipinski definition) is 2. The van der Waals surface area contributed by atoms with Crippen LogP contribution < -0.4 is 5.73 Å². The summed E-state index contributed by atoms with van der Waals surface area (Å²) in [5.41, 5.74) is 6.24. The minimum Gasteiger partial charge on any atom is -0.327 e. The van der Waals surface area contributed by atoms with E-state index < -0.39 is 0 Å². The number of rotatable bonds is 4. The maximum absolute atomic E-state index is 6.24. The Balaban J connectivity index is 1.48. The number of hydrogen-bond donors (Lipinski definition) is 1. The van der Waals surface area contributed by atoms with Crippen molar-refractivity contribution in [2.45, 2.75) is 57.4 Å². The van der Waals surface area contributed by atoms with E-state index in [1.165, 1.54) is 64.5 Å². The largest absolute Gasteiger partial charge is 0.327 e. The van der Waals surface area contributed by atoms with Crippen LogP contribution in [0.15, 0.2) is 0 Å². The van der Waals surface area contributed by atoms with Crippen LogP contribution in [0.3, 0.4) is 0 Å². The molecule has 2 N–H and O–H groups in total. The van der Waals surface area contributed by atoms with Gasteiger partial charge in [0, 0.05) is 25.7 Å². The molecule has 0 bridgehead atoms. The summed E-state index contributed by atoms with van der Waals surface area (Å²) in [4.78, 5) is 2.69. The highest BCUT2D eigenvalue weighted by molar-refractivity contribution is 4.86. The molecule has 3 fully saturated rings. The molecule has 2 aliphatic carbocycles. The Morgan fingerprint density at radius 3 is 2.35 bits per heavy atom. The van der Waals surface area contributed by atoms with Crippen LogP contribution in [-0.4, -0.2) is 30.6 Å². The predicted octanol–water partition coefficient (Wildman–Crippen LogP) is 2.63. The smallest absolute Gasteiger partial charge is 0.0170 e. The molecule has 0 amide bonds. The van der Waals surface area contributed by atoms with Crippen molar-refractivity contribution in [2.24, 2.45) is 23.5 Å². The standard InChI is InChI=1S/C15H28N2/c16-15-8-14(7-12-5-6-12)10-17(11-15)9-13-3-1-2-4-13/h12-15H,1-11,16H2. The van der Waals surface area contributed by atoms with E-state index in [0.29, 0.717) is 6.04 Å². The monoisotopic (exact) mass is 236 g/mol. The van der Waals surface area contributed by atoms with E-state index in [-0.39, 0.29) is 0 Å². The van der Waals surface area contributed by atoms with Crippen molar-refractivity contribution in [1.82, 2.24) is 4.90 Å². The van der Waals surface area contributed by atoms with Crippen molar-refractivity contribution >= 4 is 0 Å². The second-order valence-electron chi connectivity index (χ2n) is 6.91. The first-order chi connectivity index (χ1) is 8.29. The summed E-state index contributed by atoms with van der Waals surface area (Å²) in [6, 6.07) is 0.453. The third kappa shape index (κ3) is 3.45. The fourth-order valence-corrected chi connectivity index (χ4v) is 4.05. The van der Waals surface area contributed by atoms with E-state index >= 15 is 0 Å². The van der Waals surface area contributed by atoms with Gasteiger partial charge in [0.15, 0.2) is 0 Å². The predicted molar refractivity (Wildman–Crippen MR) is 71.8 cm³/mol. The fraction of sp³-hybridized carbons (Fsp3) is 1.00. The van der Waals surface area contributed by atoms with Crippen LogP contribution in [-0.2, 0) is 0 Å². The highest BCUT2D eigenvalue weighted by Gasteiger charge is 2.31. The Labute approximate surface area is 106 Å². The summed E-state index contributed by atoms with van der Waals surface area (Å²) < 4.78 is 0. The summed E-state index contributed by atoms with van der Waals surface area (Å²) in [7, 11) is 0. The quantitative estimate of drug-likeness (QED) is 0.813. The summed E-state index contributed by atoms with van der Waals surface area (Å²) in [5.74, 6) is 2.97. The van der Waals surface area contributed by atoms with Gasteiger partial charge in [-0.2, -0.15) is 0 Å². The Morgan fingerprint density at radius 2 is 1.65 bits per heavy atom. The molecule has 0 radical (unpaired) electrons. The van der Waals surface area contributed by atoms with Crippen LogP contribution in [0, 0.1) is 17.8 Å². The minimum absolute atomic E-state index is 0.453. The van der Waals surface area contributed by atoms with Crippen LogP contribution in [0.25, 0.3) is 0 Å². The molecule has 2 nitrogen and oxygen atoms in total. The van der Waals surface area contributed by atoms with Gasteiger partial charge in [0.2, 0.25) is 0 Å². The third-order valence-corrected chi connectivity index (χ3v) is 5.00. The van der Waals surface area contributed by atoms with Gasteiger partial charge in [-0.05, 0) is 43.4 Å². The molecule has 3 rings (SSSR count). The van der Waals surface area contributed by atoms with E-state index in [9.17, 15) is 0 Å². The van der Waals surface area contributed by atoms with Crippen LogP contribution in [0.2, 0.25) is 0 Å². The molecule has 0 aromatic carbocycles. The SMILES string of the molecule is NC1CC(CC2CC2)CN(CC2CCCC2)C1. The Bertz CT molecular complexity index is 241. The molecule has 0 aromatic heterocycles. The van der Waals surface area contributed by atoms with E-state index in [1.54, 1.807) is 0 Å². The summed E-state index contributed by atoms with van der Waals surface area (Å²) in [6.07, 6.45) is 11.6. The molecular weight excluding hydrogens is 208 g/mol. The Morgan fingerprint density at radius 1 is 0.882 bits per heavy atom. The average Bonchev–Trinajstić information content (AvgIpc) is 2.92. The number of piperidine rings is 1. The van der Waals surface area contributed by atoms with Gasteiger partial charge in [-0.3, -0.25) is 0 Å². The number of nitrogens with two attached hydrogens (primary N) is 1. The molecule has 2 heteroatoms. The topological polar surface area (TPSA) is 29.3 Å². The number of nitrogens with zero attached hydrogens (tertiary/aromatic N) is 1. The van der Waals surface area contributed by atoms with Gasteiger partial charge in [0.05, 0.1) is 0 Å². The molecule has 2 atom stereocenters. The second kappa shape index (κ2) is 5.27. The van der Waals surface area contributed by atoms with Gasteiger partial charge >= 0.3 is 0 Å². The molecule has 17 heavy (non-hydrogen) atoms. The van der Waals surface area contributed by atoms with Crippen LogP contribution in [0.5, 0.6) is 0 Å². The summed E-state index contributed by atoms with van der Waals surface area (Å²) >= 11 is 0. The molecule has 98 valence electrons. The zero-order valence-corrected chi connectivity index (χ0v) is 11.1. The first-order valence-electron chi connectivity index (χ1n) is 7.77. The zero-order chi connectivity index (χ0) is 11.7. The molecule has 2 unspecified atom stereocenters. The van der Waals surface area contributed by atoms with Crippen LogP contribution in [0.4, 0.5) is 0 Å². The molecule has 0 aromatic rings. The molecule has 1 aliphatic heterocycles. The van der Waals surface area contributed by atoms with Crippen LogP contribution >= 0.6 is 0 Å². The minimum atomic E-state index is 0.453. The highest BCUT2D eigenvalue weighted by atomic mass is 15.2. The molecule has 2 saturated carbocycles. The molecule has 0 spiro atoms. The lowest BCUT2D eigenvalue weighted by atomic mass is 9.89. The first-order valence-corrected chi connectivity index (χ1v) is 7.77. The summed E-state index contributed by atoms with van der Waals surface area (Å²) in [5, 5.41) is 0. The van der Waals surface area contributed by atoms with Crippen molar-refractivity contribution in [3.05, 3.63) is 0 Å². The molecule has 3 aliphatic rings. The van der Waals surface area contributed by atoms with Gasteiger partial charge in [0.1, 0.15) is 0 Å². The van der Waals surface area contributed by atoms with Crippen molar-refractivity contribution in [2.75, 3.05) is 19.6 Å². The number of likely N-dealkylation sites (tertiary alicyclic amines) is 1. The van der Waals surface area contributed by atoms with E-state index in [0.717, 1.165) is 24.3 Å². The van der Waals surface area contributed by atoms with Gasteiger partial charge in [-0.15, -0.1) is 0 Å². The molecule has 1 heterocycles. The fourth-order valence-electron chi connectivity index (χ4n) is 4.05. The lowest BCUT2D eigenvalue weighted by molar-refractivity contribution is 0.129. The lowest BCUT2D eigenvalue weighted by Crippen LogP contribution is -2.48. The Hall–Kier alpha value is -0.0800. The maximum Gasteiger partial charge on any atom is 0.0170 e. The third-order valence-electron chi connectivity index (χ3n) is 5.00. The molecular formula is C15H28N2. The Kier molecular flexibility index (Phi) is 3.72. The summed E-state index contributed by atoms with van der Waals surface area (Å²) in [6.45, 7) is 3.85. The van der Waals surface area contributed by atoms with Crippen molar-refractivity contribution < 1.29 is 0 Å². The zero-order valence-electron chi connectivity index (χ0n) is 11.1. The van der Waals surface area contributed by atoms with Gasteiger partial charge in [-0.1, -0.05) is 25.7 Å². The molecule has 1 saturated heterocycles. The van der Waals surface area contributed by atoms with Crippen LogP contribution in [0.1, 0.15) is 51.4 Å². The first kappa shape index (κ1) is 12.0.